The van der Waals surface area contributed by atoms with Gasteiger partial charge in [-0.05, 0) is 44.9 Å². The minimum atomic E-state index is -4.73. The molecule has 0 aliphatic carbocycles. The molecule has 0 bridgehead atoms. The molecule has 0 aliphatic heterocycles. The average Bonchev–Trinajstić information content (AvgIpc) is 2.95. The van der Waals surface area contributed by atoms with Crippen LogP contribution in [0.4, 0.5) is 0 Å². The lowest BCUT2D eigenvalue weighted by Gasteiger charge is -2.18. The number of ether oxygens (including phenoxy) is 1. The van der Waals surface area contributed by atoms with Crippen molar-refractivity contribution in [2.45, 2.75) is 129 Å². The van der Waals surface area contributed by atoms with Crippen molar-refractivity contribution >= 4 is 25.7 Å². The van der Waals surface area contributed by atoms with Crippen LogP contribution in [0, 0.1) is 0 Å². The third-order valence-electron chi connectivity index (χ3n) is 6.24. The van der Waals surface area contributed by atoms with Gasteiger partial charge in [-0.1, -0.05) is 83.1 Å². The van der Waals surface area contributed by atoms with Gasteiger partial charge in [-0.2, -0.15) is 0 Å². The summed E-state index contributed by atoms with van der Waals surface area (Å²) in [6.45, 7) is 2.27. The summed E-state index contributed by atoms with van der Waals surface area (Å²) in [4.78, 5) is 44.8. The van der Waals surface area contributed by atoms with Gasteiger partial charge in [-0.25, -0.2) is 9.36 Å². The smallest absolute Gasteiger partial charge is 0.472 e. The van der Waals surface area contributed by atoms with Gasteiger partial charge in [0, 0.05) is 12.8 Å². The maximum Gasteiger partial charge on any atom is 0.472 e. The number of amides is 1. The van der Waals surface area contributed by atoms with Crippen molar-refractivity contribution < 1.29 is 47.8 Å². The molecule has 3 unspecified atom stereocenters. The number of aliphatic hydroxyl groups is 1. The Labute approximate surface area is 251 Å². The highest BCUT2D eigenvalue weighted by atomic mass is 31.2. The summed E-state index contributed by atoms with van der Waals surface area (Å²) >= 11 is 0. The first-order valence-corrected chi connectivity index (χ1v) is 16.9. The number of unbranched alkanes of at least 4 members (excludes halogenated alkanes) is 10. The van der Waals surface area contributed by atoms with Gasteiger partial charge in [0.15, 0.2) is 6.04 Å². The molecule has 42 heavy (non-hydrogen) atoms. The summed E-state index contributed by atoms with van der Waals surface area (Å²) in [5.41, 5.74) is 0. The number of nitrogens with one attached hydrogen (secondary N) is 1. The van der Waals surface area contributed by atoms with Gasteiger partial charge in [-0.3, -0.25) is 18.6 Å². The molecule has 0 aromatic carbocycles. The van der Waals surface area contributed by atoms with E-state index in [4.69, 9.17) is 4.74 Å². The first-order chi connectivity index (χ1) is 20.1. The Bertz CT molecular complexity index is 833. The van der Waals surface area contributed by atoms with Crippen LogP contribution in [-0.4, -0.2) is 64.9 Å². The summed E-state index contributed by atoms with van der Waals surface area (Å²) < 4.78 is 26.3. The lowest BCUT2D eigenvalue weighted by molar-refractivity contribution is -0.147. The lowest BCUT2D eigenvalue weighted by atomic mass is 10.1. The maximum absolute atomic E-state index is 12.0. The van der Waals surface area contributed by atoms with E-state index in [0.717, 1.165) is 57.8 Å². The Morgan fingerprint density at radius 1 is 0.762 bits per heavy atom. The number of carboxylic acid groups (broad SMARTS) is 1. The van der Waals surface area contributed by atoms with E-state index in [1.54, 1.807) is 0 Å². The largest absolute Gasteiger partial charge is 0.480 e. The number of allylic oxidation sites excluding steroid dienone is 4. The fourth-order valence-electron chi connectivity index (χ4n) is 3.75. The standard InChI is InChI=1S/C30H54NO10P/c1-3-5-7-8-9-10-11-12-13-14-15-16-17-18-20-22-29(34)39-23-26(32)24-40-42(37,38)41-25-27(30(35)36)31-28(33)21-19-6-4-2/h9-10,12-13,26-27,32H,3-8,11,14-25H2,1-2H3,(H,31,33)(H,35,36)(H,37,38)/b10-9-,13-12-. The molecule has 0 heterocycles. The second kappa shape index (κ2) is 26.6. The molecule has 12 heteroatoms. The number of carboxylic acids is 1. The summed E-state index contributed by atoms with van der Waals surface area (Å²) in [5, 5.41) is 21.3. The van der Waals surface area contributed by atoms with Gasteiger partial charge < -0.3 is 25.2 Å². The minimum Gasteiger partial charge on any atom is -0.480 e. The van der Waals surface area contributed by atoms with Crippen LogP contribution >= 0.6 is 7.82 Å². The highest BCUT2D eigenvalue weighted by Crippen LogP contribution is 2.43. The number of esters is 1. The number of carbonyl (C=O) groups is 3. The van der Waals surface area contributed by atoms with Crippen LogP contribution < -0.4 is 5.32 Å². The molecule has 0 aromatic rings. The fraction of sp³-hybridized carbons (Fsp3) is 0.767. The zero-order chi connectivity index (χ0) is 31.5. The molecule has 0 spiro atoms. The van der Waals surface area contributed by atoms with Gasteiger partial charge in [0.1, 0.15) is 12.7 Å². The molecule has 0 fully saturated rings. The van der Waals surface area contributed by atoms with Gasteiger partial charge in [-0.15, -0.1) is 0 Å². The molecule has 0 radical (unpaired) electrons. The number of aliphatic carboxylic acids is 1. The topological polar surface area (TPSA) is 169 Å². The second-order valence-electron chi connectivity index (χ2n) is 10.3. The molecule has 244 valence electrons. The third-order valence-corrected chi connectivity index (χ3v) is 7.19. The van der Waals surface area contributed by atoms with Crippen LogP contribution in [0.15, 0.2) is 24.3 Å². The monoisotopic (exact) mass is 619 g/mol. The van der Waals surface area contributed by atoms with Crippen LogP contribution in [0.2, 0.25) is 0 Å². The maximum atomic E-state index is 12.0. The van der Waals surface area contributed by atoms with Crippen LogP contribution in [-0.2, 0) is 32.7 Å². The van der Waals surface area contributed by atoms with Crippen molar-refractivity contribution in [1.82, 2.24) is 5.32 Å². The Morgan fingerprint density at radius 2 is 1.31 bits per heavy atom. The second-order valence-corrected chi connectivity index (χ2v) is 11.7. The van der Waals surface area contributed by atoms with Crippen molar-refractivity contribution in [3.05, 3.63) is 24.3 Å². The van der Waals surface area contributed by atoms with E-state index < -0.39 is 57.6 Å². The number of carbonyl (C=O) groups excluding carboxylic acids is 2. The van der Waals surface area contributed by atoms with E-state index >= 15 is 0 Å². The number of aliphatic hydroxyl groups excluding tert-OH is 1. The number of phosphoric acid groups is 1. The molecule has 3 atom stereocenters. The van der Waals surface area contributed by atoms with Crippen molar-refractivity contribution in [1.29, 1.82) is 0 Å². The molecule has 11 nitrogen and oxygen atoms in total. The summed E-state index contributed by atoms with van der Waals surface area (Å²) in [5.74, 6) is -2.43. The first-order valence-electron chi connectivity index (χ1n) is 15.4. The number of hydrogen-bond acceptors (Lipinski definition) is 8. The quantitative estimate of drug-likeness (QED) is 0.0353. The highest BCUT2D eigenvalue weighted by Gasteiger charge is 2.28. The Balaban J connectivity index is 3.94. The number of phosphoric ester groups is 1. The molecule has 0 saturated carbocycles. The SMILES string of the molecule is CCCCC/C=C\C/C=C\CCCCCCCC(=O)OCC(O)COP(=O)(O)OCC(NC(=O)CCCCC)C(=O)O. The third kappa shape index (κ3) is 25.7. The fourth-order valence-corrected chi connectivity index (χ4v) is 4.53. The summed E-state index contributed by atoms with van der Waals surface area (Å²) in [6, 6.07) is -1.54. The number of hydrogen-bond donors (Lipinski definition) is 4. The van der Waals surface area contributed by atoms with Gasteiger partial charge in [0.2, 0.25) is 5.91 Å². The minimum absolute atomic E-state index is 0.130. The molecular weight excluding hydrogens is 565 g/mol. The number of rotatable bonds is 28. The van der Waals surface area contributed by atoms with E-state index in [-0.39, 0.29) is 12.8 Å². The molecule has 4 N–H and O–H groups in total. The van der Waals surface area contributed by atoms with Crippen LogP contribution in [0.1, 0.15) is 117 Å². The summed E-state index contributed by atoms with van der Waals surface area (Å²) in [7, 11) is -4.73. The molecule has 1 amide bonds. The van der Waals surface area contributed by atoms with Gasteiger partial charge in [0.05, 0.1) is 13.2 Å². The zero-order valence-electron chi connectivity index (χ0n) is 25.5. The predicted molar refractivity (Wildman–Crippen MR) is 162 cm³/mol. The van der Waals surface area contributed by atoms with Crippen molar-refractivity contribution in [2.75, 3.05) is 19.8 Å². The lowest BCUT2D eigenvalue weighted by Crippen LogP contribution is -2.43. The molecule has 0 rings (SSSR count). The molecule has 0 aliphatic rings. The summed E-state index contributed by atoms with van der Waals surface area (Å²) in [6.07, 6.45) is 21.9. The van der Waals surface area contributed by atoms with E-state index in [0.29, 0.717) is 12.8 Å². The van der Waals surface area contributed by atoms with Crippen LogP contribution in [0.25, 0.3) is 0 Å². The normalized spacial score (nSPS) is 14.6. The van der Waals surface area contributed by atoms with E-state index in [1.165, 1.54) is 19.3 Å². The molecular formula is C30H54NO10P. The van der Waals surface area contributed by atoms with Crippen molar-refractivity contribution in [2.24, 2.45) is 0 Å². The average molecular weight is 620 g/mol. The van der Waals surface area contributed by atoms with E-state index in [9.17, 15) is 34.1 Å². The van der Waals surface area contributed by atoms with Gasteiger partial charge >= 0.3 is 19.8 Å². The van der Waals surface area contributed by atoms with Crippen molar-refractivity contribution in [3.8, 4) is 0 Å². The van der Waals surface area contributed by atoms with E-state index in [2.05, 4.69) is 45.6 Å². The Morgan fingerprint density at radius 3 is 1.95 bits per heavy atom. The van der Waals surface area contributed by atoms with Crippen LogP contribution in [0.5, 0.6) is 0 Å². The first kappa shape index (κ1) is 40.0. The zero-order valence-corrected chi connectivity index (χ0v) is 26.4. The van der Waals surface area contributed by atoms with Crippen LogP contribution in [0.3, 0.4) is 0 Å². The molecule has 0 saturated heterocycles. The molecule has 0 aromatic heterocycles. The Kier molecular flexibility index (Phi) is 25.3. The van der Waals surface area contributed by atoms with Gasteiger partial charge in [0.25, 0.3) is 0 Å². The van der Waals surface area contributed by atoms with E-state index in [1.807, 2.05) is 6.92 Å². The Hall–Kier alpha value is -2.04. The predicted octanol–water partition coefficient (Wildman–Crippen LogP) is 5.99. The highest BCUT2D eigenvalue weighted by molar-refractivity contribution is 7.47. The van der Waals surface area contributed by atoms with Crippen molar-refractivity contribution in [3.63, 3.8) is 0 Å².